The van der Waals surface area contributed by atoms with E-state index in [2.05, 4.69) is 36.9 Å². The number of benzene rings is 1. The van der Waals surface area contributed by atoms with Gasteiger partial charge in [0.15, 0.2) is 5.65 Å². The van der Waals surface area contributed by atoms with Gasteiger partial charge in [-0.05, 0) is 37.0 Å². The number of aromatic nitrogens is 5. The Morgan fingerprint density at radius 2 is 1.94 bits per heavy atom. The monoisotopic (exact) mass is 638 g/mol. The minimum Gasteiger partial charge on any atom is -0.390 e. The van der Waals surface area contributed by atoms with Gasteiger partial charge < -0.3 is 29.4 Å². The van der Waals surface area contributed by atoms with Gasteiger partial charge in [-0.3, -0.25) is 9.69 Å². The molecule has 12 heteroatoms. The fourth-order valence-electron chi connectivity index (χ4n) is 6.88. The molecule has 4 atom stereocenters. The molecule has 2 fully saturated rings. The average molecular weight is 639 g/mol. The van der Waals surface area contributed by atoms with Gasteiger partial charge in [-0.1, -0.05) is 30.3 Å². The molecule has 1 aromatic carbocycles. The zero-order valence-corrected chi connectivity index (χ0v) is 27.1. The zero-order chi connectivity index (χ0) is 32.5. The molecule has 246 valence electrons. The molecule has 1 aliphatic carbocycles. The van der Waals surface area contributed by atoms with Gasteiger partial charge in [-0.25, -0.2) is 9.97 Å². The first kappa shape index (κ1) is 31.3. The van der Waals surface area contributed by atoms with Gasteiger partial charge in [0.25, 0.3) is 5.91 Å². The van der Waals surface area contributed by atoms with E-state index in [0.717, 1.165) is 60.7 Å². The second-order valence-electron chi connectivity index (χ2n) is 12.6. The van der Waals surface area contributed by atoms with E-state index in [1.165, 1.54) is 0 Å². The highest BCUT2D eigenvalue weighted by atomic mass is 16.5. The van der Waals surface area contributed by atoms with E-state index in [1.54, 1.807) is 24.9 Å². The zero-order valence-electron chi connectivity index (χ0n) is 27.1. The summed E-state index contributed by atoms with van der Waals surface area (Å²) >= 11 is 0. The second kappa shape index (κ2) is 13.4. The van der Waals surface area contributed by atoms with Crippen molar-refractivity contribution >= 4 is 17.4 Å². The molecule has 0 spiro atoms. The maximum atomic E-state index is 13.6. The van der Waals surface area contributed by atoms with Crippen molar-refractivity contribution in [2.24, 2.45) is 0 Å². The van der Waals surface area contributed by atoms with E-state index in [0.29, 0.717) is 36.6 Å². The maximum Gasteiger partial charge on any atom is 0.257 e. The Bertz CT molecular complexity index is 1800. The standard InChI is InChI=1S/C35H42N8O4/c1-40(21-23-8-5-4-6-9-23)32-18-28(38-34-26(20-37-43(32)34)35(45)39-27-11-12-31(27)47-3)25-19-36-33-24(25)10-7-14-42(33)29-13-15-41(16-17-46-2)22-30(29)44/h4-10,14,18-20,27,29-31,44H,11-13,15-17,21-22H2,1-3H3,(H,39,45)/t27?,29?,30?,31-/m0/s1. The average Bonchev–Trinajstić information content (AvgIpc) is 3.71. The number of aliphatic hydroxyl groups excluding tert-OH is 1. The Hall–Kier alpha value is -4.36. The third-order valence-corrected chi connectivity index (χ3v) is 9.66. The second-order valence-corrected chi connectivity index (χ2v) is 12.6. The number of fused-ring (bicyclic) bond motifs is 2. The number of carbonyl (C=O) groups excluding carboxylic acids is 1. The summed E-state index contributed by atoms with van der Waals surface area (Å²) in [5.41, 5.74) is 4.50. The fraction of sp³-hybridized carbons (Fsp3) is 0.429. The van der Waals surface area contributed by atoms with Crippen LogP contribution in [0.3, 0.4) is 0 Å². The van der Waals surface area contributed by atoms with E-state index in [9.17, 15) is 9.90 Å². The topological polar surface area (TPSA) is 122 Å². The van der Waals surface area contributed by atoms with Crippen LogP contribution in [0.5, 0.6) is 0 Å². The number of piperidine rings is 1. The predicted molar refractivity (Wildman–Crippen MR) is 179 cm³/mol. The Morgan fingerprint density at radius 3 is 2.68 bits per heavy atom. The van der Waals surface area contributed by atoms with Crippen molar-refractivity contribution < 1.29 is 19.4 Å². The summed E-state index contributed by atoms with van der Waals surface area (Å²) in [7, 11) is 5.39. The van der Waals surface area contributed by atoms with Gasteiger partial charge in [-0.2, -0.15) is 9.61 Å². The fourth-order valence-corrected chi connectivity index (χ4v) is 6.88. The summed E-state index contributed by atoms with van der Waals surface area (Å²) in [5, 5.41) is 19.0. The normalized spacial score (nSPS) is 21.6. The predicted octanol–water partition coefficient (Wildman–Crippen LogP) is 3.50. The van der Waals surface area contributed by atoms with Crippen LogP contribution in [0.4, 0.5) is 5.82 Å². The number of anilines is 1. The van der Waals surface area contributed by atoms with Crippen LogP contribution in [0, 0.1) is 0 Å². The first-order valence-electron chi connectivity index (χ1n) is 16.3. The summed E-state index contributed by atoms with van der Waals surface area (Å²) < 4.78 is 14.6. The first-order valence-corrected chi connectivity index (χ1v) is 16.3. The van der Waals surface area contributed by atoms with Crippen LogP contribution < -0.4 is 10.2 Å². The molecule has 1 saturated heterocycles. The van der Waals surface area contributed by atoms with Crippen LogP contribution >= 0.6 is 0 Å². The Balaban J connectivity index is 1.24. The number of hydrogen-bond donors (Lipinski definition) is 2. The Labute approximate surface area is 274 Å². The quantitative estimate of drug-likeness (QED) is 0.224. The van der Waals surface area contributed by atoms with Gasteiger partial charge in [0.1, 0.15) is 17.2 Å². The third-order valence-electron chi connectivity index (χ3n) is 9.66. The van der Waals surface area contributed by atoms with E-state index in [4.69, 9.17) is 19.4 Å². The molecule has 7 rings (SSSR count). The highest BCUT2D eigenvalue weighted by Crippen LogP contribution is 2.37. The van der Waals surface area contributed by atoms with Gasteiger partial charge in [0.05, 0.1) is 42.8 Å². The number of nitrogens with one attached hydrogen (secondary N) is 1. The van der Waals surface area contributed by atoms with Gasteiger partial charge in [0.2, 0.25) is 0 Å². The molecule has 0 bridgehead atoms. The van der Waals surface area contributed by atoms with E-state index in [1.807, 2.05) is 55.8 Å². The van der Waals surface area contributed by atoms with E-state index >= 15 is 0 Å². The molecular formula is C35H42N8O4. The van der Waals surface area contributed by atoms with Gasteiger partial charge in [-0.15, -0.1) is 0 Å². The first-order chi connectivity index (χ1) is 22.9. The molecule has 4 aliphatic rings. The molecule has 0 radical (unpaired) electrons. The number of likely N-dealkylation sites (tertiary alicyclic amines) is 1. The minimum absolute atomic E-state index is 0.0152. The summed E-state index contributed by atoms with van der Waals surface area (Å²) in [6.45, 7) is 3.53. The lowest BCUT2D eigenvalue weighted by atomic mass is 9.89. The molecule has 3 unspecified atom stereocenters. The van der Waals surface area contributed by atoms with Crippen LogP contribution in [-0.4, -0.2) is 106 Å². The highest BCUT2D eigenvalue weighted by Gasteiger charge is 2.34. The largest absolute Gasteiger partial charge is 0.390 e. The third kappa shape index (κ3) is 6.09. The molecule has 1 amide bonds. The van der Waals surface area contributed by atoms with Crippen LogP contribution in [-0.2, 0) is 16.0 Å². The molecule has 2 N–H and O–H groups in total. The molecule has 3 aliphatic heterocycles. The van der Waals surface area contributed by atoms with Crippen molar-refractivity contribution in [1.82, 2.24) is 34.4 Å². The van der Waals surface area contributed by atoms with Crippen molar-refractivity contribution in [2.45, 2.75) is 50.1 Å². The Morgan fingerprint density at radius 1 is 1.09 bits per heavy atom. The number of carbonyl (C=O) groups is 1. The number of amides is 1. The summed E-state index contributed by atoms with van der Waals surface area (Å²) in [5.74, 6) is 1.37. The van der Waals surface area contributed by atoms with Crippen molar-refractivity contribution in [3.63, 3.8) is 0 Å². The molecule has 3 aromatic rings. The molecule has 5 heterocycles. The van der Waals surface area contributed by atoms with Crippen LogP contribution in [0.1, 0.15) is 41.2 Å². The number of aliphatic hydroxyl groups is 1. The number of pyridine rings is 1. The number of ether oxygens (including phenoxy) is 2. The summed E-state index contributed by atoms with van der Waals surface area (Å²) in [6.07, 6.45) is 7.52. The Kier molecular flexibility index (Phi) is 8.91. The molecule has 2 aromatic heterocycles. The number of methoxy groups -OCH3 is 2. The minimum atomic E-state index is -0.537. The van der Waals surface area contributed by atoms with Crippen LogP contribution in [0.25, 0.3) is 28.3 Å². The van der Waals surface area contributed by atoms with Gasteiger partial charge in [0, 0.05) is 77.0 Å². The van der Waals surface area contributed by atoms with Crippen LogP contribution in [0.15, 0.2) is 67.1 Å². The van der Waals surface area contributed by atoms with Gasteiger partial charge >= 0.3 is 0 Å². The smallest absolute Gasteiger partial charge is 0.257 e. The summed E-state index contributed by atoms with van der Waals surface area (Å²) in [6, 6.07) is 16.1. The van der Waals surface area contributed by atoms with E-state index in [-0.39, 0.29) is 24.1 Å². The molecular weight excluding hydrogens is 596 g/mol. The SMILES string of the molecule is COCCN1CCC(n2cccc3c(-c4cc(N(C)Cc5ccccc5)n5ncc(C(=O)NC6CC[C@@H]6OC)c5n4)cnc2-3)C(O)C1. The molecule has 12 nitrogen and oxygen atoms in total. The number of rotatable bonds is 11. The van der Waals surface area contributed by atoms with Crippen LogP contribution in [0.2, 0.25) is 0 Å². The van der Waals surface area contributed by atoms with Crippen molar-refractivity contribution in [1.29, 1.82) is 0 Å². The molecule has 1 saturated carbocycles. The van der Waals surface area contributed by atoms with E-state index < -0.39 is 6.10 Å². The molecule has 47 heavy (non-hydrogen) atoms. The lowest BCUT2D eigenvalue weighted by molar-refractivity contribution is 0.00732. The number of nitrogens with zero attached hydrogens (tertiary/aromatic N) is 7. The highest BCUT2D eigenvalue weighted by molar-refractivity contribution is 6.00. The number of β-amino-alcohol motifs (C(OH)–C–C–N with tert-alkyl or cyclic N) is 1. The maximum absolute atomic E-state index is 13.6. The summed E-state index contributed by atoms with van der Waals surface area (Å²) in [4.78, 5) is 27.8. The van der Waals surface area contributed by atoms with Crippen molar-refractivity contribution in [3.8, 4) is 22.6 Å². The number of hydrogen-bond acceptors (Lipinski definition) is 9. The lowest BCUT2D eigenvalue weighted by Gasteiger charge is -2.37. The van der Waals surface area contributed by atoms with Crippen molar-refractivity contribution in [2.75, 3.05) is 52.4 Å². The van der Waals surface area contributed by atoms with Crippen molar-refractivity contribution in [3.05, 3.63) is 78.2 Å². The lowest BCUT2D eigenvalue weighted by Crippen LogP contribution is -2.51.